The predicted molar refractivity (Wildman–Crippen MR) is 81.5 cm³/mol. The number of nitrogens with one attached hydrogen (secondary N) is 1. The van der Waals surface area contributed by atoms with Gasteiger partial charge in [0, 0.05) is 6.07 Å². The van der Waals surface area contributed by atoms with E-state index < -0.39 is 23.7 Å². The molecule has 2 aromatic rings. The number of carboxylic acid groups (broad SMARTS) is 1. The van der Waals surface area contributed by atoms with Crippen LogP contribution in [-0.2, 0) is 9.59 Å². The van der Waals surface area contributed by atoms with Gasteiger partial charge in [0.1, 0.15) is 11.6 Å². The molecule has 23 heavy (non-hydrogen) atoms. The molecule has 2 N–H and O–H groups in total. The van der Waals surface area contributed by atoms with E-state index in [0.717, 1.165) is 0 Å². The maximum Gasteiger partial charge on any atom is 0.305 e. The summed E-state index contributed by atoms with van der Waals surface area (Å²) >= 11 is 0. The number of carboxylic acids is 1. The van der Waals surface area contributed by atoms with Crippen LogP contribution in [0.15, 0.2) is 54.6 Å². The smallest absolute Gasteiger partial charge is 0.305 e. The van der Waals surface area contributed by atoms with Gasteiger partial charge in [0.2, 0.25) is 0 Å². The van der Waals surface area contributed by atoms with Crippen LogP contribution in [0.1, 0.15) is 18.0 Å². The minimum Gasteiger partial charge on any atom is -0.484 e. The van der Waals surface area contributed by atoms with E-state index in [1.165, 1.54) is 24.3 Å². The van der Waals surface area contributed by atoms with Crippen LogP contribution in [0.3, 0.4) is 0 Å². The van der Waals surface area contributed by atoms with Crippen LogP contribution in [0.4, 0.5) is 4.39 Å². The van der Waals surface area contributed by atoms with Crippen LogP contribution in [0.2, 0.25) is 0 Å². The van der Waals surface area contributed by atoms with Gasteiger partial charge in [-0.15, -0.1) is 0 Å². The molecular formula is C17H16FNO4. The Labute approximate surface area is 132 Å². The number of ether oxygens (including phenoxy) is 1. The first-order valence-corrected chi connectivity index (χ1v) is 6.99. The number of rotatable bonds is 7. The third-order valence-electron chi connectivity index (χ3n) is 3.08. The summed E-state index contributed by atoms with van der Waals surface area (Å²) in [5.41, 5.74) is 0.689. The summed E-state index contributed by atoms with van der Waals surface area (Å²) in [6.45, 7) is -0.327. The van der Waals surface area contributed by atoms with E-state index in [9.17, 15) is 14.0 Å². The van der Waals surface area contributed by atoms with Crippen molar-refractivity contribution in [1.29, 1.82) is 0 Å². The maximum atomic E-state index is 13.0. The Bertz CT molecular complexity index is 675. The van der Waals surface area contributed by atoms with Gasteiger partial charge in [-0.1, -0.05) is 36.4 Å². The molecule has 0 radical (unpaired) electrons. The van der Waals surface area contributed by atoms with Crippen molar-refractivity contribution in [3.8, 4) is 5.75 Å². The van der Waals surface area contributed by atoms with Crippen LogP contribution in [0, 0.1) is 5.82 Å². The molecule has 0 aliphatic heterocycles. The van der Waals surface area contributed by atoms with Crippen molar-refractivity contribution < 1.29 is 23.8 Å². The van der Waals surface area contributed by atoms with Crippen molar-refractivity contribution >= 4 is 11.9 Å². The van der Waals surface area contributed by atoms with Gasteiger partial charge in [-0.2, -0.15) is 0 Å². The highest BCUT2D eigenvalue weighted by atomic mass is 19.1. The van der Waals surface area contributed by atoms with Gasteiger partial charge in [-0.3, -0.25) is 9.59 Å². The molecule has 0 saturated heterocycles. The molecule has 0 aliphatic rings. The van der Waals surface area contributed by atoms with Crippen molar-refractivity contribution in [3.63, 3.8) is 0 Å². The molecule has 2 aromatic carbocycles. The summed E-state index contributed by atoms with van der Waals surface area (Å²) in [6.07, 6.45) is -0.240. The number of carbonyl (C=O) groups is 2. The summed E-state index contributed by atoms with van der Waals surface area (Å²) < 4.78 is 18.2. The van der Waals surface area contributed by atoms with E-state index >= 15 is 0 Å². The first-order valence-electron chi connectivity index (χ1n) is 6.99. The Morgan fingerprint density at radius 3 is 2.52 bits per heavy atom. The topological polar surface area (TPSA) is 75.6 Å². The second kappa shape index (κ2) is 7.93. The fourth-order valence-electron chi connectivity index (χ4n) is 2.05. The highest BCUT2D eigenvalue weighted by Crippen LogP contribution is 2.17. The molecule has 0 aromatic heterocycles. The lowest BCUT2D eigenvalue weighted by molar-refractivity contribution is -0.137. The zero-order chi connectivity index (χ0) is 16.7. The normalized spacial score (nSPS) is 11.5. The molecule has 5 nitrogen and oxygen atoms in total. The molecule has 0 bridgehead atoms. The number of halogens is 1. The van der Waals surface area contributed by atoms with Crippen LogP contribution in [0.25, 0.3) is 0 Å². The van der Waals surface area contributed by atoms with Gasteiger partial charge in [-0.05, 0) is 17.7 Å². The second-order valence-corrected chi connectivity index (χ2v) is 4.87. The zero-order valence-electron chi connectivity index (χ0n) is 12.2. The third kappa shape index (κ3) is 5.43. The van der Waals surface area contributed by atoms with Gasteiger partial charge in [-0.25, -0.2) is 4.39 Å². The second-order valence-electron chi connectivity index (χ2n) is 4.87. The molecule has 0 heterocycles. The van der Waals surface area contributed by atoms with E-state index in [1.54, 1.807) is 30.3 Å². The Balaban J connectivity index is 1.96. The van der Waals surface area contributed by atoms with Crippen molar-refractivity contribution in [1.82, 2.24) is 5.32 Å². The average molecular weight is 317 g/mol. The van der Waals surface area contributed by atoms with Crippen molar-refractivity contribution in [3.05, 3.63) is 66.0 Å². The number of amides is 1. The lowest BCUT2D eigenvalue weighted by atomic mass is 10.0. The van der Waals surface area contributed by atoms with Crippen molar-refractivity contribution in [2.75, 3.05) is 6.61 Å². The number of aliphatic carboxylic acids is 1. The highest BCUT2D eigenvalue weighted by molar-refractivity contribution is 5.79. The monoisotopic (exact) mass is 317 g/mol. The maximum absolute atomic E-state index is 13.0. The Morgan fingerprint density at radius 1 is 1.13 bits per heavy atom. The zero-order valence-corrected chi connectivity index (χ0v) is 12.2. The summed E-state index contributed by atoms with van der Waals surface area (Å²) in [7, 11) is 0. The van der Waals surface area contributed by atoms with E-state index in [-0.39, 0.29) is 18.8 Å². The van der Waals surface area contributed by atoms with Gasteiger partial charge in [0.05, 0.1) is 12.5 Å². The van der Waals surface area contributed by atoms with Crippen LogP contribution in [0.5, 0.6) is 5.75 Å². The van der Waals surface area contributed by atoms with Gasteiger partial charge >= 0.3 is 5.97 Å². The van der Waals surface area contributed by atoms with Gasteiger partial charge in [0.25, 0.3) is 5.91 Å². The van der Waals surface area contributed by atoms with Crippen molar-refractivity contribution in [2.45, 2.75) is 12.5 Å². The summed E-state index contributed by atoms with van der Waals surface area (Å²) in [5.74, 6) is -1.74. The molecule has 1 unspecified atom stereocenters. The Kier molecular flexibility index (Phi) is 5.68. The molecule has 0 fully saturated rings. The highest BCUT2D eigenvalue weighted by Gasteiger charge is 2.18. The van der Waals surface area contributed by atoms with Gasteiger partial charge in [0.15, 0.2) is 6.61 Å². The van der Waals surface area contributed by atoms with E-state index in [4.69, 9.17) is 9.84 Å². The first kappa shape index (κ1) is 16.5. The lowest BCUT2D eigenvalue weighted by Crippen LogP contribution is -2.33. The summed E-state index contributed by atoms with van der Waals surface area (Å²) in [5, 5.41) is 11.6. The number of carbonyl (C=O) groups excluding carboxylic acids is 1. The Morgan fingerprint density at radius 2 is 1.87 bits per heavy atom. The number of hydrogen-bond donors (Lipinski definition) is 2. The minimum absolute atomic E-state index is 0.231. The molecule has 1 atom stereocenters. The van der Waals surface area contributed by atoms with Crippen LogP contribution < -0.4 is 10.1 Å². The molecule has 120 valence electrons. The minimum atomic E-state index is -1.02. The van der Waals surface area contributed by atoms with Gasteiger partial charge < -0.3 is 15.2 Å². The number of benzene rings is 2. The molecular weight excluding hydrogens is 301 g/mol. The van der Waals surface area contributed by atoms with E-state index in [1.807, 2.05) is 0 Å². The molecule has 1 amide bonds. The van der Waals surface area contributed by atoms with Crippen LogP contribution >= 0.6 is 0 Å². The van der Waals surface area contributed by atoms with E-state index in [0.29, 0.717) is 5.56 Å². The molecule has 0 aliphatic carbocycles. The largest absolute Gasteiger partial charge is 0.484 e. The molecule has 6 heteroatoms. The summed E-state index contributed by atoms with van der Waals surface area (Å²) in [6, 6.07) is 13.6. The predicted octanol–water partition coefficient (Wildman–Crippen LogP) is 2.54. The average Bonchev–Trinajstić information content (AvgIpc) is 2.53. The third-order valence-corrected chi connectivity index (χ3v) is 3.08. The summed E-state index contributed by atoms with van der Waals surface area (Å²) in [4.78, 5) is 22.9. The quantitative estimate of drug-likeness (QED) is 0.823. The number of hydrogen-bond acceptors (Lipinski definition) is 3. The SMILES string of the molecule is O=C(O)CC(NC(=O)COc1cccc(F)c1)c1ccccc1. The molecule has 0 saturated carbocycles. The molecule has 0 spiro atoms. The fraction of sp³-hybridized carbons (Fsp3) is 0.176. The molecule has 2 rings (SSSR count). The van der Waals surface area contributed by atoms with Crippen LogP contribution in [-0.4, -0.2) is 23.6 Å². The van der Waals surface area contributed by atoms with Crippen molar-refractivity contribution in [2.24, 2.45) is 0 Å². The fourth-order valence-corrected chi connectivity index (χ4v) is 2.05. The Hall–Kier alpha value is -2.89. The standard InChI is InChI=1S/C17H16FNO4/c18-13-7-4-8-14(9-13)23-11-16(20)19-15(10-17(21)22)12-5-2-1-3-6-12/h1-9,15H,10-11H2,(H,19,20)(H,21,22). The van der Waals surface area contributed by atoms with E-state index in [2.05, 4.69) is 5.32 Å². The lowest BCUT2D eigenvalue weighted by Gasteiger charge is -2.17. The first-order chi connectivity index (χ1) is 11.0.